The minimum Gasteiger partial charge on any atom is -0.453 e. The van der Waals surface area contributed by atoms with Gasteiger partial charge >= 0.3 is 0 Å². The van der Waals surface area contributed by atoms with Crippen LogP contribution in [-0.2, 0) is 22.8 Å². The Labute approximate surface area is 248 Å². The lowest BCUT2D eigenvalue weighted by Crippen LogP contribution is -2.27. The maximum atomic E-state index is 15.9. The zero-order chi connectivity index (χ0) is 29.6. The number of hydrogen-bond donors (Lipinski definition) is 0. The third-order valence-electron chi connectivity index (χ3n) is 7.46. The average molecular weight is 607 g/mol. The van der Waals surface area contributed by atoms with Crippen LogP contribution in [0, 0.1) is 18.7 Å². The Bertz CT molecular complexity index is 1810. The molecule has 0 saturated heterocycles. The molecule has 0 bridgehead atoms. The van der Waals surface area contributed by atoms with Gasteiger partial charge in [0.1, 0.15) is 40.1 Å². The second kappa shape index (κ2) is 11.2. The first-order chi connectivity index (χ1) is 20.1. The van der Waals surface area contributed by atoms with Crippen LogP contribution in [0.1, 0.15) is 18.7 Å². The van der Waals surface area contributed by atoms with E-state index >= 15 is 4.39 Å². The lowest BCUT2D eigenvalue weighted by Gasteiger charge is -2.23. The van der Waals surface area contributed by atoms with Gasteiger partial charge in [-0.05, 0) is 43.2 Å². The number of carbonyl (C=O) groups is 1. The highest BCUT2D eigenvalue weighted by Crippen LogP contribution is 2.37. The first-order valence-corrected chi connectivity index (χ1v) is 18.0. The van der Waals surface area contributed by atoms with Crippen molar-refractivity contribution in [3.8, 4) is 22.8 Å². The number of aromatic nitrogens is 6. The number of aryl methyl sites for hydroxylation is 1. The Morgan fingerprint density at radius 3 is 2.60 bits per heavy atom. The molecule has 3 aromatic heterocycles. The van der Waals surface area contributed by atoms with E-state index in [2.05, 4.69) is 34.7 Å². The molecule has 12 heteroatoms. The molecule has 5 aromatic rings. The van der Waals surface area contributed by atoms with Crippen molar-refractivity contribution in [2.75, 3.05) is 6.61 Å². The van der Waals surface area contributed by atoms with Crippen LogP contribution in [0.15, 0.2) is 42.9 Å². The first kappa shape index (κ1) is 28.4. The fourth-order valence-corrected chi connectivity index (χ4v) is 5.98. The van der Waals surface area contributed by atoms with E-state index in [9.17, 15) is 4.79 Å². The molecule has 0 radical (unpaired) electrons. The van der Waals surface area contributed by atoms with Gasteiger partial charge in [-0.1, -0.05) is 31.2 Å². The lowest BCUT2D eigenvalue weighted by molar-refractivity contribution is -0.127. The Kier molecular flexibility index (Phi) is 7.58. The first-order valence-electron chi connectivity index (χ1n) is 14.0. The van der Waals surface area contributed by atoms with Gasteiger partial charge in [-0.2, -0.15) is 5.10 Å². The van der Waals surface area contributed by atoms with E-state index < -0.39 is 13.9 Å². The standard InChI is InChI=1S/C30H32ClFN6O3Si/c1-18-35-23-6-8-26(28(32)30(23)38(18)17-40-9-10-42(2,3)4)41-25-7-5-22-29(27(25)31)36-24(14-33-22)20-13-34-37(16-20)15-19-11-21(39)12-19/h5-8,13-14,16,19H,9-12,15,17H2,1-4H3. The van der Waals surface area contributed by atoms with Gasteiger partial charge in [-0.3, -0.25) is 14.5 Å². The predicted molar refractivity (Wildman–Crippen MR) is 162 cm³/mol. The molecule has 42 heavy (non-hydrogen) atoms. The maximum absolute atomic E-state index is 15.9. The molecule has 1 fully saturated rings. The Balaban J connectivity index is 1.25. The number of ether oxygens (including phenoxy) is 2. The highest BCUT2D eigenvalue weighted by atomic mass is 35.5. The number of nitrogens with zero attached hydrogens (tertiary/aromatic N) is 6. The van der Waals surface area contributed by atoms with Crippen molar-refractivity contribution in [2.45, 2.75) is 58.7 Å². The number of hydrogen-bond acceptors (Lipinski definition) is 7. The highest BCUT2D eigenvalue weighted by Gasteiger charge is 2.27. The highest BCUT2D eigenvalue weighted by molar-refractivity contribution is 6.76. The fraction of sp³-hybridized carbons (Fsp3) is 0.367. The van der Waals surface area contributed by atoms with Gasteiger partial charge in [0.15, 0.2) is 11.6 Å². The molecule has 0 atom stereocenters. The molecule has 0 spiro atoms. The summed E-state index contributed by atoms with van der Waals surface area (Å²) in [6.45, 7) is 10.2. The zero-order valence-corrected chi connectivity index (χ0v) is 25.8. The number of fused-ring (bicyclic) bond motifs is 2. The minimum absolute atomic E-state index is 0.0202. The van der Waals surface area contributed by atoms with E-state index in [0.29, 0.717) is 71.3 Å². The monoisotopic (exact) mass is 606 g/mol. The second-order valence-electron chi connectivity index (χ2n) is 12.0. The van der Waals surface area contributed by atoms with Gasteiger partial charge in [-0.25, -0.2) is 14.4 Å². The molecule has 9 nitrogen and oxygen atoms in total. The van der Waals surface area contributed by atoms with Crippen LogP contribution in [-0.4, -0.2) is 49.8 Å². The number of imidazole rings is 1. The van der Waals surface area contributed by atoms with Crippen molar-refractivity contribution >= 4 is 47.5 Å². The van der Waals surface area contributed by atoms with E-state index in [1.165, 1.54) is 0 Å². The molecule has 0 unspecified atom stereocenters. The number of ketones is 1. The number of carbonyl (C=O) groups excluding carboxylic acids is 1. The molecule has 6 rings (SSSR count). The molecule has 2 aromatic carbocycles. The van der Waals surface area contributed by atoms with Crippen LogP contribution in [0.2, 0.25) is 30.7 Å². The summed E-state index contributed by atoms with van der Waals surface area (Å²) in [6.07, 6.45) is 6.47. The Morgan fingerprint density at radius 2 is 1.83 bits per heavy atom. The van der Waals surface area contributed by atoms with Crippen molar-refractivity contribution in [3.05, 3.63) is 59.5 Å². The molecular weight excluding hydrogens is 575 g/mol. The molecule has 0 N–H and O–H groups in total. The molecule has 1 aliphatic rings. The van der Waals surface area contributed by atoms with Crippen molar-refractivity contribution in [1.82, 2.24) is 29.3 Å². The lowest BCUT2D eigenvalue weighted by atomic mass is 9.84. The third-order valence-corrected chi connectivity index (χ3v) is 9.53. The van der Waals surface area contributed by atoms with Crippen LogP contribution in [0.25, 0.3) is 33.3 Å². The van der Waals surface area contributed by atoms with Gasteiger partial charge in [-0.15, -0.1) is 0 Å². The molecule has 0 aliphatic heterocycles. The minimum atomic E-state index is -1.24. The number of benzene rings is 2. The van der Waals surface area contributed by atoms with Crippen LogP contribution in [0.5, 0.6) is 11.5 Å². The zero-order valence-electron chi connectivity index (χ0n) is 24.0. The summed E-state index contributed by atoms with van der Waals surface area (Å²) in [5.41, 5.74) is 3.23. The van der Waals surface area contributed by atoms with E-state index in [1.54, 1.807) is 41.2 Å². The Morgan fingerprint density at radius 1 is 1.07 bits per heavy atom. The Hall–Kier alpha value is -3.67. The summed E-state index contributed by atoms with van der Waals surface area (Å²) in [5, 5.41) is 4.64. The van der Waals surface area contributed by atoms with Gasteiger partial charge in [0.2, 0.25) is 0 Å². The van der Waals surface area contributed by atoms with Crippen molar-refractivity contribution < 1.29 is 18.7 Å². The smallest absolute Gasteiger partial charge is 0.191 e. The summed E-state index contributed by atoms with van der Waals surface area (Å²) in [5.74, 6) is 1.01. The van der Waals surface area contributed by atoms with Crippen LogP contribution < -0.4 is 4.74 Å². The van der Waals surface area contributed by atoms with Crippen LogP contribution >= 0.6 is 11.6 Å². The van der Waals surface area contributed by atoms with E-state index in [0.717, 1.165) is 11.6 Å². The summed E-state index contributed by atoms with van der Waals surface area (Å²) in [4.78, 5) is 25.0. The number of halogens is 2. The van der Waals surface area contributed by atoms with Gasteiger partial charge in [0, 0.05) is 45.8 Å². The summed E-state index contributed by atoms with van der Waals surface area (Å²) < 4.78 is 31.3. The van der Waals surface area contributed by atoms with Gasteiger partial charge < -0.3 is 14.0 Å². The molecular formula is C30H32ClFN6O3Si. The maximum Gasteiger partial charge on any atom is 0.191 e. The van der Waals surface area contributed by atoms with Crippen molar-refractivity contribution in [1.29, 1.82) is 0 Å². The third kappa shape index (κ3) is 5.81. The van der Waals surface area contributed by atoms with Crippen LogP contribution in [0.4, 0.5) is 4.39 Å². The largest absolute Gasteiger partial charge is 0.453 e. The number of rotatable bonds is 10. The number of Topliss-reactive ketones (excluding diaryl/α,β-unsaturated/α-hetero) is 1. The van der Waals surface area contributed by atoms with E-state index in [-0.39, 0.29) is 23.3 Å². The van der Waals surface area contributed by atoms with Crippen LogP contribution in [0.3, 0.4) is 0 Å². The molecule has 1 aliphatic carbocycles. The normalized spacial score (nSPS) is 14.2. The van der Waals surface area contributed by atoms with E-state index in [4.69, 9.17) is 26.1 Å². The summed E-state index contributed by atoms with van der Waals surface area (Å²) >= 11 is 6.76. The SMILES string of the molecule is Cc1nc2ccc(Oc3ccc4ncc(-c5cnn(CC6CC(=O)C6)c5)nc4c3Cl)c(F)c2n1COCC[Si](C)(C)C. The quantitative estimate of drug-likeness (QED) is 0.124. The van der Waals surface area contributed by atoms with E-state index in [1.807, 2.05) is 17.8 Å². The summed E-state index contributed by atoms with van der Waals surface area (Å²) in [7, 11) is -1.24. The van der Waals surface area contributed by atoms with Gasteiger partial charge in [0.05, 0.1) is 29.1 Å². The molecule has 3 heterocycles. The van der Waals surface area contributed by atoms with Crippen molar-refractivity contribution in [2.24, 2.45) is 5.92 Å². The average Bonchev–Trinajstić information content (AvgIpc) is 3.52. The molecule has 0 amide bonds. The second-order valence-corrected chi connectivity index (χ2v) is 18.0. The molecule has 1 saturated carbocycles. The van der Waals surface area contributed by atoms with Crippen molar-refractivity contribution in [3.63, 3.8) is 0 Å². The fourth-order valence-electron chi connectivity index (χ4n) is 4.99. The topological polar surface area (TPSA) is 97.0 Å². The molecule has 218 valence electrons. The van der Waals surface area contributed by atoms with Gasteiger partial charge in [0.25, 0.3) is 0 Å². The predicted octanol–water partition coefficient (Wildman–Crippen LogP) is 7.03. The summed E-state index contributed by atoms with van der Waals surface area (Å²) in [6, 6.07) is 7.69.